The summed E-state index contributed by atoms with van der Waals surface area (Å²) in [4.78, 5) is 23.6. The summed E-state index contributed by atoms with van der Waals surface area (Å²) in [5, 5.41) is 39.8. The topological polar surface area (TPSA) is 266 Å². The number of ketones is 1. The number of hydrogen-bond donors (Lipinski definition) is 7. The molecule has 3 saturated carbocycles. The first-order chi connectivity index (χ1) is 53.3. The first kappa shape index (κ1) is 87.7. The van der Waals surface area contributed by atoms with Crippen molar-refractivity contribution in [1.82, 2.24) is 35.7 Å². The van der Waals surface area contributed by atoms with Crippen LogP contribution in [-0.2, 0) is 57.6 Å². The van der Waals surface area contributed by atoms with Gasteiger partial charge in [-0.3, -0.25) is 4.79 Å². The summed E-state index contributed by atoms with van der Waals surface area (Å²) in [6.07, 6.45) is 30.5. The number of piperidine rings is 3. The summed E-state index contributed by atoms with van der Waals surface area (Å²) in [7, 11) is 5.11. The number of ether oxygens (including phenoxy) is 10. The fourth-order valence-electron chi connectivity index (χ4n) is 19.6. The fourth-order valence-corrected chi connectivity index (χ4v) is 20.3. The number of nitrogens with two attached hydrogens (primary N) is 2. The van der Waals surface area contributed by atoms with E-state index >= 15 is 0 Å². The summed E-state index contributed by atoms with van der Waals surface area (Å²) in [5.41, 5.74) is 6.84. The van der Waals surface area contributed by atoms with Gasteiger partial charge in [0.15, 0.2) is 21.4 Å². The van der Waals surface area contributed by atoms with Crippen LogP contribution < -0.4 is 70.5 Å². The predicted octanol–water partition coefficient (Wildman–Crippen LogP) is 3.17. The molecule has 0 bridgehead atoms. The largest absolute Gasteiger partial charge is 1.00 e. The van der Waals surface area contributed by atoms with Crippen LogP contribution in [0.25, 0.3) is 11.2 Å². The Morgan fingerprint density at radius 2 is 1.05 bits per heavy atom. The SMILES string of the molecule is COc1ccc(CNC2COCC23CCCCC3)cc1.COc1ccc(CNC2COCC23CCN(c2cnc4c(I)nn(C5CCCCO5)c4n2)CC3)cc1.COc1ccc(C[NH2+]C2COCC23CC[NH2+]CC3)cc1.O=C1COCC12CCCCC2.OC1COCC12CCCCC2.OC1COCC12CCNCC2.[Cl-].[Cl-]. The lowest BCUT2D eigenvalue weighted by Gasteiger charge is -2.42. The number of Topliss-reactive ketones (excluding diaryl/α,β-unsaturated/α-hetero) is 1. The molecule has 9 N–H and O–H groups in total. The van der Waals surface area contributed by atoms with Gasteiger partial charge in [0.1, 0.15) is 47.8 Å². The van der Waals surface area contributed by atoms with Crippen LogP contribution in [0.3, 0.4) is 0 Å². The molecular formula is C85H129Cl2IN10O13. The Bertz CT molecular complexity index is 3450. The number of hydrogen-bond acceptors (Lipinski definition) is 20. The average molecular weight is 1700 g/mol. The van der Waals surface area contributed by atoms with Gasteiger partial charge in [-0.2, -0.15) is 5.10 Å². The maximum Gasteiger partial charge on any atom is 0.182 e. The van der Waals surface area contributed by atoms with Crippen LogP contribution >= 0.6 is 22.6 Å². The molecule has 0 radical (unpaired) electrons. The Morgan fingerprint density at radius 1 is 0.559 bits per heavy atom. The Morgan fingerprint density at radius 3 is 1.55 bits per heavy atom. The van der Waals surface area contributed by atoms with Crippen LogP contribution in [0.5, 0.6) is 17.2 Å². The number of carbonyl (C=O) groups excluding carboxylic acids is 1. The molecule has 111 heavy (non-hydrogen) atoms. The number of quaternary nitrogens is 2. The Balaban J connectivity index is 0.000000140. The van der Waals surface area contributed by atoms with Crippen molar-refractivity contribution < 1.29 is 97.8 Å². The first-order valence-electron chi connectivity index (χ1n) is 41.6. The molecule has 618 valence electrons. The quantitative estimate of drug-likeness (QED) is 0.0788. The highest BCUT2D eigenvalue weighted by Gasteiger charge is 2.51. The normalized spacial score (nSPS) is 26.9. The van der Waals surface area contributed by atoms with Crippen LogP contribution in [-0.4, -0.2) is 213 Å². The minimum Gasteiger partial charge on any atom is -1.00 e. The van der Waals surface area contributed by atoms with Crippen molar-refractivity contribution in [2.45, 2.75) is 210 Å². The molecule has 6 unspecified atom stereocenters. The predicted molar refractivity (Wildman–Crippen MR) is 427 cm³/mol. The van der Waals surface area contributed by atoms with Crippen LogP contribution in [0.15, 0.2) is 79.0 Å². The van der Waals surface area contributed by atoms with E-state index in [1.165, 1.54) is 126 Å². The molecule has 6 spiro atoms. The molecule has 13 fully saturated rings. The molecule has 10 saturated heterocycles. The third kappa shape index (κ3) is 22.0. The number of halogens is 3. The molecule has 5 aromatic rings. The Labute approximate surface area is 685 Å². The van der Waals surface area contributed by atoms with E-state index in [4.69, 9.17) is 62.4 Å². The van der Waals surface area contributed by atoms with Crippen LogP contribution in [0.1, 0.15) is 177 Å². The summed E-state index contributed by atoms with van der Waals surface area (Å²) < 4.78 is 57.9. The second-order valence-electron chi connectivity index (χ2n) is 33.8. The van der Waals surface area contributed by atoms with Crippen molar-refractivity contribution in [3.63, 3.8) is 0 Å². The number of anilines is 1. The van der Waals surface area contributed by atoms with E-state index in [1.54, 1.807) is 21.3 Å². The molecule has 6 atom stereocenters. The van der Waals surface area contributed by atoms with E-state index in [0.29, 0.717) is 61.2 Å². The van der Waals surface area contributed by atoms with Gasteiger partial charge in [-0.25, -0.2) is 14.6 Å². The summed E-state index contributed by atoms with van der Waals surface area (Å²) in [6, 6.07) is 26.5. The van der Waals surface area contributed by atoms with Crippen LogP contribution in [0, 0.1) is 36.2 Å². The molecule has 26 heteroatoms. The fraction of sp³-hybridized carbons (Fsp3) is 0.718. The molecule has 12 heterocycles. The zero-order valence-electron chi connectivity index (χ0n) is 66.4. The zero-order chi connectivity index (χ0) is 75.4. The molecule has 3 aromatic carbocycles. The molecule has 23 nitrogen and oxygen atoms in total. The number of carbonyl (C=O) groups is 1. The monoisotopic (exact) mass is 1690 g/mol. The summed E-state index contributed by atoms with van der Waals surface area (Å²) in [6.45, 7) is 19.0. The average Bonchev–Trinajstić information content (AvgIpc) is 1.64. The zero-order valence-corrected chi connectivity index (χ0v) is 70.1. The van der Waals surface area contributed by atoms with Crippen molar-refractivity contribution in [2.75, 3.05) is 151 Å². The van der Waals surface area contributed by atoms with E-state index in [2.05, 4.69) is 90.5 Å². The van der Waals surface area contributed by atoms with E-state index in [1.807, 2.05) is 47.3 Å². The van der Waals surface area contributed by atoms with Gasteiger partial charge in [0.25, 0.3) is 0 Å². The van der Waals surface area contributed by atoms with Gasteiger partial charge in [-0.15, -0.1) is 0 Å². The minimum absolute atomic E-state index is 0. The number of rotatable bonds is 14. The van der Waals surface area contributed by atoms with Crippen molar-refractivity contribution in [2.24, 2.45) is 32.5 Å². The molecule has 3 aliphatic carbocycles. The molecule has 13 aliphatic rings. The number of nitrogens with zero attached hydrogens (tertiary/aromatic N) is 5. The summed E-state index contributed by atoms with van der Waals surface area (Å²) >= 11 is 2.25. The van der Waals surface area contributed by atoms with Gasteiger partial charge in [-0.05, 0) is 179 Å². The van der Waals surface area contributed by atoms with Gasteiger partial charge in [0.2, 0.25) is 0 Å². The molecule has 2 aromatic heterocycles. The number of aliphatic hydroxyl groups is 2. The second kappa shape index (κ2) is 42.3. The van der Waals surface area contributed by atoms with E-state index in [-0.39, 0.29) is 64.9 Å². The summed E-state index contributed by atoms with van der Waals surface area (Å²) in [5.74, 6) is 4.01. The van der Waals surface area contributed by atoms with Gasteiger partial charge >= 0.3 is 0 Å². The van der Waals surface area contributed by atoms with Crippen molar-refractivity contribution in [3.05, 3.63) is 99.4 Å². The number of aromatic nitrogens is 4. The minimum atomic E-state index is -0.218. The highest BCUT2D eigenvalue weighted by Crippen LogP contribution is 2.46. The van der Waals surface area contributed by atoms with Crippen LogP contribution in [0.2, 0.25) is 0 Å². The Hall–Kier alpha value is -4.17. The van der Waals surface area contributed by atoms with Gasteiger partial charge in [0.05, 0.1) is 136 Å². The maximum atomic E-state index is 11.4. The lowest BCUT2D eigenvalue weighted by Crippen LogP contribution is -3.00. The van der Waals surface area contributed by atoms with Gasteiger partial charge < -0.3 is 114 Å². The number of fused-ring (bicyclic) bond motifs is 1. The number of methoxy groups -OCH3 is 3. The second-order valence-corrected chi connectivity index (χ2v) is 34.8. The maximum absolute atomic E-state index is 11.4. The third-order valence-corrected chi connectivity index (χ3v) is 27.9. The molecule has 10 aliphatic heterocycles. The third-order valence-electron chi connectivity index (χ3n) is 27.1. The van der Waals surface area contributed by atoms with E-state index < -0.39 is 0 Å². The standard InChI is InChI=1S/C26H33IN6O3.C17H25NO2.C16H24N2O2.C9H16O2.C9H14O2.C8H15NO2.2ClH/c1-34-19-7-5-18(6-8-19)14-28-20-16-35-17-26(20)9-11-32(12-10-26)21-15-29-23-24(27)31-33(25(23)30-21)22-4-2-3-13-36-22;1-19-15-7-5-14(6-8-15)11-18-16-12-20-13-17(16)9-3-2-4-10-17;1-19-14-4-2-13(3-5-14)10-18-15-11-20-12-16(15)6-8-17-9-7-16;2*10-8-6-11-7-9(8)4-2-1-3-5-9;10-7-5-11-6-8(7)1-3-9-4-2-8;;/h5-8,15,20,22,28H,2-4,9-14,16-17H2,1H3;5-8,16,18H,2-4,9-13H2,1H3;2-5,15,17-18H,6-12H2,1H3;8,10H,1-7H2;1-7H2;7,9-10H,1-6H2;2*1H. The smallest absolute Gasteiger partial charge is 0.182 e. The molecule has 0 amide bonds. The van der Waals surface area contributed by atoms with E-state index in [9.17, 15) is 15.0 Å². The van der Waals surface area contributed by atoms with Crippen molar-refractivity contribution in [3.8, 4) is 17.2 Å². The van der Waals surface area contributed by atoms with E-state index in [0.717, 1.165) is 201 Å². The van der Waals surface area contributed by atoms with Crippen molar-refractivity contribution in [1.29, 1.82) is 0 Å². The number of benzene rings is 3. The Kier molecular flexibility index (Phi) is 33.4. The first-order valence-corrected chi connectivity index (χ1v) is 42.7. The lowest BCUT2D eigenvalue weighted by molar-refractivity contribution is -0.724. The van der Waals surface area contributed by atoms with Gasteiger partial charge in [-0.1, -0.05) is 82.1 Å². The highest BCUT2D eigenvalue weighted by molar-refractivity contribution is 14.1. The number of nitrogens with one attached hydrogen (secondary N) is 3. The number of aliphatic hydroxyl groups excluding tert-OH is 2. The molecule has 18 rings (SSSR count). The van der Waals surface area contributed by atoms with Gasteiger partial charge in [0, 0.05) is 84.9 Å². The molecular weight excluding hydrogens is 1570 g/mol. The highest BCUT2D eigenvalue weighted by atomic mass is 127. The lowest BCUT2D eigenvalue weighted by atomic mass is 9.71. The van der Waals surface area contributed by atoms with Crippen molar-refractivity contribution >= 4 is 45.4 Å². The van der Waals surface area contributed by atoms with Crippen LogP contribution in [0.4, 0.5) is 5.82 Å².